The van der Waals surface area contributed by atoms with Crippen LogP contribution in [0, 0.1) is 12.7 Å². The number of rotatable bonds is 3. The molecule has 0 aromatic heterocycles. The quantitative estimate of drug-likeness (QED) is 0.774. The Hall–Kier alpha value is -2.16. The van der Waals surface area contributed by atoms with Crippen LogP contribution < -0.4 is 4.74 Å². The van der Waals surface area contributed by atoms with Gasteiger partial charge in [0.2, 0.25) is 0 Å². The van der Waals surface area contributed by atoms with E-state index in [0.717, 1.165) is 5.56 Å². The van der Waals surface area contributed by atoms with E-state index < -0.39 is 5.82 Å². The van der Waals surface area contributed by atoms with E-state index in [1.54, 1.807) is 18.2 Å². The van der Waals surface area contributed by atoms with Gasteiger partial charge in [-0.15, -0.1) is 0 Å². The zero-order chi connectivity index (χ0) is 13.1. The number of benzene rings is 2. The van der Waals surface area contributed by atoms with Crippen molar-refractivity contribution < 1.29 is 13.9 Å². The van der Waals surface area contributed by atoms with Crippen molar-refractivity contribution in [3.8, 4) is 5.75 Å². The van der Waals surface area contributed by atoms with Crippen molar-refractivity contribution in [3.63, 3.8) is 0 Å². The predicted molar refractivity (Wildman–Crippen MR) is 67.6 cm³/mol. The highest BCUT2D eigenvalue weighted by Gasteiger charge is 2.14. The summed E-state index contributed by atoms with van der Waals surface area (Å²) in [5.74, 6) is -0.169. The van der Waals surface area contributed by atoms with Crippen molar-refractivity contribution in [3.05, 3.63) is 65.0 Å². The molecule has 0 atom stereocenters. The van der Waals surface area contributed by atoms with Crippen LogP contribution >= 0.6 is 0 Å². The van der Waals surface area contributed by atoms with Crippen molar-refractivity contribution in [1.29, 1.82) is 0 Å². The largest absolute Gasteiger partial charge is 0.496 e. The van der Waals surface area contributed by atoms with Crippen LogP contribution in [0.2, 0.25) is 0 Å². The maximum absolute atomic E-state index is 13.1. The molecule has 0 saturated carbocycles. The molecule has 0 spiro atoms. The van der Waals surface area contributed by atoms with Gasteiger partial charge in [-0.05, 0) is 31.2 Å². The molecular weight excluding hydrogens is 231 g/mol. The molecule has 3 heteroatoms. The summed E-state index contributed by atoms with van der Waals surface area (Å²) in [7, 11) is 1.51. The molecule has 0 radical (unpaired) electrons. The predicted octanol–water partition coefficient (Wildman–Crippen LogP) is 3.37. The van der Waals surface area contributed by atoms with E-state index in [1.165, 1.54) is 25.3 Å². The van der Waals surface area contributed by atoms with Crippen LogP contribution in [-0.4, -0.2) is 12.9 Å². The van der Waals surface area contributed by atoms with Gasteiger partial charge >= 0.3 is 0 Å². The summed E-state index contributed by atoms with van der Waals surface area (Å²) in [6.07, 6.45) is 0. The summed E-state index contributed by atoms with van der Waals surface area (Å²) in [5, 5.41) is 0. The first-order chi connectivity index (χ1) is 8.61. The first kappa shape index (κ1) is 12.3. The standard InChI is InChI=1S/C15H13FO2/c1-10-6-7-14(18-2)13(8-10)15(17)11-4-3-5-12(16)9-11/h3-9H,1-2H3. The van der Waals surface area contributed by atoms with Crippen molar-refractivity contribution in [2.45, 2.75) is 6.92 Å². The third kappa shape index (κ3) is 2.40. The number of ether oxygens (including phenoxy) is 1. The molecule has 18 heavy (non-hydrogen) atoms. The fraction of sp³-hybridized carbons (Fsp3) is 0.133. The van der Waals surface area contributed by atoms with Gasteiger partial charge in [-0.2, -0.15) is 0 Å². The van der Waals surface area contributed by atoms with Crippen LogP contribution in [-0.2, 0) is 0 Å². The Labute approximate surface area is 105 Å². The van der Waals surface area contributed by atoms with Crippen LogP contribution in [0.1, 0.15) is 21.5 Å². The topological polar surface area (TPSA) is 26.3 Å². The highest BCUT2D eigenvalue weighted by atomic mass is 19.1. The van der Waals surface area contributed by atoms with Crippen molar-refractivity contribution >= 4 is 5.78 Å². The van der Waals surface area contributed by atoms with E-state index in [2.05, 4.69) is 0 Å². The minimum Gasteiger partial charge on any atom is -0.496 e. The van der Waals surface area contributed by atoms with Crippen LogP contribution in [0.3, 0.4) is 0 Å². The molecule has 0 unspecified atom stereocenters. The molecule has 92 valence electrons. The number of halogens is 1. The highest BCUT2D eigenvalue weighted by molar-refractivity contribution is 6.10. The molecule has 0 saturated heterocycles. The second kappa shape index (κ2) is 5.00. The molecule has 0 aliphatic carbocycles. The molecule has 0 aliphatic heterocycles. The SMILES string of the molecule is COc1ccc(C)cc1C(=O)c1cccc(F)c1. The van der Waals surface area contributed by atoms with Gasteiger partial charge in [-0.1, -0.05) is 23.8 Å². The number of ketones is 1. The van der Waals surface area contributed by atoms with Gasteiger partial charge in [-0.3, -0.25) is 4.79 Å². The molecule has 0 N–H and O–H groups in total. The number of aryl methyl sites for hydroxylation is 1. The van der Waals surface area contributed by atoms with Gasteiger partial charge in [0.25, 0.3) is 0 Å². The fourth-order valence-corrected chi connectivity index (χ4v) is 1.78. The zero-order valence-electron chi connectivity index (χ0n) is 10.2. The van der Waals surface area contributed by atoms with Gasteiger partial charge in [0.1, 0.15) is 11.6 Å². The summed E-state index contributed by atoms with van der Waals surface area (Å²) < 4.78 is 18.3. The van der Waals surface area contributed by atoms with Gasteiger partial charge in [0, 0.05) is 5.56 Å². The first-order valence-corrected chi connectivity index (χ1v) is 5.56. The molecule has 0 bridgehead atoms. The Kier molecular flexibility index (Phi) is 3.42. The fourth-order valence-electron chi connectivity index (χ4n) is 1.78. The summed E-state index contributed by atoms with van der Waals surface area (Å²) in [6, 6.07) is 11.0. The van der Waals surface area contributed by atoms with Crippen molar-refractivity contribution in [1.82, 2.24) is 0 Å². The van der Waals surface area contributed by atoms with Crippen LogP contribution in [0.5, 0.6) is 5.75 Å². The van der Waals surface area contributed by atoms with Gasteiger partial charge in [0.05, 0.1) is 12.7 Å². The van der Waals surface area contributed by atoms with Crippen LogP contribution in [0.15, 0.2) is 42.5 Å². The summed E-state index contributed by atoms with van der Waals surface area (Å²) in [4.78, 5) is 12.3. The maximum atomic E-state index is 13.1. The van der Waals surface area contributed by atoms with E-state index in [0.29, 0.717) is 16.9 Å². The normalized spacial score (nSPS) is 10.2. The Bertz CT molecular complexity index is 591. The first-order valence-electron chi connectivity index (χ1n) is 5.56. The molecule has 2 rings (SSSR count). The smallest absolute Gasteiger partial charge is 0.196 e. The zero-order valence-corrected chi connectivity index (χ0v) is 10.2. The lowest BCUT2D eigenvalue weighted by molar-refractivity contribution is 0.103. The molecule has 0 aliphatic rings. The van der Waals surface area contributed by atoms with Gasteiger partial charge in [-0.25, -0.2) is 4.39 Å². The van der Waals surface area contributed by atoms with E-state index in [-0.39, 0.29) is 5.78 Å². The molecule has 2 aromatic rings. The van der Waals surface area contributed by atoms with E-state index in [9.17, 15) is 9.18 Å². The minimum atomic E-state index is -0.424. The number of carbonyl (C=O) groups is 1. The van der Waals surface area contributed by atoms with Crippen molar-refractivity contribution in [2.24, 2.45) is 0 Å². The van der Waals surface area contributed by atoms with E-state index in [4.69, 9.17) is 4.74 Å². The van der Waals surface area contributed by atoms with Gasteiger partial charge in [0.15, 0.2) is 5.78 Å². The monoisotopic (exact) mass is 244 g/mol. The van der Waals surface area contributed by atoms with Crippen LogP contribution in [0.4, 0.5) is 4.39 Å². The van der Waals surface area contributed by atoms with E-state index >= 15 is 0 Å². The molecular formula is C15H13FO2. The average molecular weight is 244 g/mol. The second-order valence-electron chi connectivity index (χ2n) is 4.04. The Morgan fingerprint density at radius 1 is 1.17 bits per heavy atom. The Balaban J connectivity index is 2.48. The number of methoxy groups -OCH3 is 1. The molecule has 2 nitrogen and oxygen atoms in total. The molecule has 0 amide bonds. The van der Waals surface area contributed by atoms with Gasteiger partial charge < -0.3 is 4.74 Å². The Morgan fingerprint density at radius 3 is 2.61 bits per heavy atom. The lowest BCUT2D eigenvalue weighted by Crippen LogP contribution is -2.04. The number of carbonyl (C=O) groups excluding carboxylic acids is 1. The third-order valence-corrected chi connectivity index (χ3v) is 2.69. The Morgan fingerprint density at radius 2 is 1.94 bits per heavy atom. The summed E-state index contributed by atoms with van der Waals surface area (Å²) in [5.41, 5.74) is 1.72. The molecule has 0 fully saturated rings. The highest BCUT2D eigenvalue weighted by Crippen LogP contribution is 2.23. The van der Waals surface area contributed by atoms with Crippen LogP contribution in [0.25, 0.3) is 0 Å². The molecule has 2 aromatic carbocycles. The number of hydrogen-bond donors (Lipinski definition) is 0. The van der Waals surface area contributed by atoms with E-state index in [1.807, 2.05) is 13.0 Å². The van der Waals surface area contributed by atoms with Crippen molar-refractivity contribution in [2.75, 3.05) is 7.11 Å². The lowest BCUT2D eigenvalue weighted by atomic mass is 10.0. The molecule has 0 heterocycles. The average Bonchev–Trinajstić information content (AvgIpc) is 2.38. The second-order valence-corrected chi connectivity index (χ2v) is 4.04. The lowest BCUT2D eigenvalue weighted by Gasteiger charge is -2.08. The third-order valence-electron chi connectivity index (χ3n) is 2.69. The summed E-state index contributed by atoms with van der Waals surface area (Å²) >= 11 is 0. The number of hydrogen-bond acceptors (Lipinski definition) is 2. The maximum Gasteiger partial charge on any atom is 0.196 e. The minimum absolute atomic E-state index is 0.241. The summed E-state index contributed by atoms with van der Waals surface area (Å²) in [6.45, 7) is 1.89.